The van der Waals surface area contributed by atoms with Crippen LogP contribution in [0.2, 0.25) is 0 Å². The van der Waals surface area contributed by atoms with Crippen LogP contribution in [0.15, 0.2) is 88.9 Å². The van der Waals surface area contributed by atoms with Crippen molar-refractivity contribution in [2.45, 2.75) is 6.92 Å². The largest absolute Gasteiger partial charge is 0.457 e. The Morgan fingerprint density at radius 2 is 1.27 bits per heavy atom. The predicted molar refractivity (Wildman–Crippen MR) is 122 cm³/mol. The average Bonchev–Trinajstić information content (AvgIpc) is 3.20. The van der Waals surface area contributed by atoms with Crippen LogP contribution in [-0.2, 0) is 9.59 Å². The summed E-state index contributed by atoms with van der Waals surface area (Å²) in [6.45, 7) is 1.88. The molecule has 0 unspecified atom stereocenters. The number of thiocarbonyl (C=S) groups is 1. The Balaban J connectivity index is 1.84. The van der Waals surface area contributed by atoms with Gasteiger partial charge < -0.3 is 4.42 Å². The Morgan fingerprint density at radius 1 is 0.767 bits per heavy atom. The molecule has 30 heavy (non-hydrogen) atoms. The van der Waals surface area contributed by atoms with Crippen molar-refractivity contribution < 1.29 is 14.0 Å². The number of rotatable bonds is 4. The van der Waals surface area contributed by atoms with Crippen LogP contribution in [0.25, 0.3) is 12.2 Å². The summed E-state index contributed by atoms with van der Waals surface area (Å²) >= 11 is 5.57. The SMILES string of the molecule is C/C=C/c1ccc(C=C2C(=O)N(c3ccccc3)C(=S)N(c3ccccc3)C2=O)o1. The Labute approximate surface area is 179 Å². The third-order valence-corrected chi connectivity index (χ3v) is 4.91. The monoisotopic (exact) mass is 414 g/mol. The number of carbonyl (C=O) groups is 2. The molecule has 1 aliphatic rings. The van der Waals surface area contributed by atoms with Gasteiger partial charge in [-0.3, -0.25) is 19.4 Å². The van der Waals surface area contributed by atoms with Gasteiger partial charge >= 0.3 is 0 Å². The molecule has 0 N–H and O–H groups in total. The van der Waals surface area contributed by atoms with Gasteiger partial charge in [-0.15, -0.1) is 0 Å². The maximum absolute atomic E-state index is 13.3. The summed E-state index contributed by atoms with van der Waals surface area (Å²) in [4.78, 5) is 29.4. The Bertz CT molecular complexity index is 1100. The highest BCUT2D eigenvalue weighted by Crippen LogP contribution is 2.29. The van der Waals surface area contributed by atoms with Gasteiger partial charge in [-0.25, -0.2) is 0 Å². The van der Waals surface area contributed by atoms with E-state index in [4.69, 9.17) is 16.6 Å². The van der Waals surface area contributed by atoms with E-state index in [1.54, 1.807) is 42.5 Å². The van der Waals surface area contributed by atoms with E-state index in [2.05, 4.69) is 0 Å². The van der Waals surface area contributed by atoms with Crippen LogP contribution < -0.4 is 9.80 Å². The standard InChI is InChI=1S/C24H18N2O3S/c1-2-9-19-14-15-20(29-19)16-21-22(27)25(17-10-5-3-6-11-17)24(30)26(23(21)28)18-12-7-4-8-13-18/h2-16H,1H3/b9-2+. The van der Waals surface area contributed by atoms with Gasteiger partial charge in [0.2, 0.25) is 0 Å². The summed E-state index contributed by atoms with van der Waals surface area (Å²) in [6.07, 6.45) is 5.11. The van der Waals surface area contributed by atoms with Crippen molar-refractivity contribution in [2.24, 2.45) is 0 Å². The molecule has 3 aromatic rings. The maximum atomic E-state index is 13.3. The topological polar surface area (TPSA) is 53.8 Å². The molecule has 6 heteroatoms. The zero-order valence-corrected chi connectivity index (χ0v) is 17.0. The highest BCUT2D eigenvalue weighted by molar-refractivity contribution is 7.81. The average molecular weight is 414 g/mol. The molecular weight excluding hydrogens is 396 g/mol. The number of benzene rings is 2. The van der Waals surface area contributed by atoms with E-state index < -0.39 is 11.8 Å². The quantitative estimate of drug-likeness (QED) is 0.340. The summed E-state index contributed by atoms with van der Waals surface area (Å²) in [5, 5.41) is 0.105. The summed E-state index contributed by atoms with van der Waals surface area (Å²) in [7, 11) is 0. The molecule has 0 atom stereocenters. The molecule has 0 radical (unpaired) electrons. The van der Waals surface area contributed by atoms with E-state index >= 15 is 0 Å². The van der Waals surface area contributed by atoms with Crippen LogP contribution in [0.4, 0.5) is 11.4 Å². The molecule has 0 spiro atoms. The van der Waals surface area contributed by atoms with Crippen LogP contribution in [0, 0.1) is 0 Å². The fourth-order valence-electron chi connectivity index (χ4n) is 3.18. The fraction of sp³-hybridized carbons (Fsp3) is 0.0417. The van der Waals surface area contributed by atoms with E-state index in [0.717, 1.165) is 0 Å². The van der Waals surface area contributed by atoms with Crippen molar-refractivity contribution in [1.29, 1.82) is 0 Å². The van der Waals surface area contributed by atoms with Gasteiger partial charge in [-0.1, -0.05) is 42.5 Å². The third kappa shape index (κ3) is 3.60. The minimum Gasteiger partial charge on any atom is -0.457 e. The molecule has 4 rings (SSSR count). The van der Waals surface area contributed by atoms with Crippen molar-refractivity contribution in [1.82, 2.24) is 0 Å². The Hall–Kier alpha value is -3.77. The molecule has 2 aromatic carbocycles. The van der Waals surface area contributed by atoms with Gasteiger partial charge in [0.15, 0.2) is 5.11 Å². The second-order valence-electron chi connectivity index (χ2n) is 6.53. The smallest absolute Gasteiger partial charge is 0.270 e. The van der Waals surface area contributed by atoms with Crippen LogP contribution >= 0.6 is 12.2 Å². The van der Waals surface area contributed by atoms with Crippen LogP contribution in [0.5, 0.6) is 0 Å². The Kier molecular flexibility index (Phi) is 5.41. The second-order valence-corrected chi connectivity index (χ2v) is 6.90. The highest BCUT2D eigenvalue weighted by atomic mass is 32.1. The highest BCUT2D eigenvalue weighted by Gasteiger charge is 2.41. The fourth-order valence-corrected chi connectivity index (χ4v) is 3.56. The number of anilines is 2. The Morgan fingerprint density at radius 3 is 1.77 bits per heavy atom. The second kappa shape index (κ2) is 8.31. The van der Waals surface area contributed by atoms with Gasteiger partial charge in [-0.2, -0.15) is 0 Å². The van der Waals surface area contributed by atoms with Gasteiger partial charge in [0, 0.05) is 0 Å². The lowest BCUT2D eigenvalue weighted by Gasteiger charge is -2.36. The molecule has 148 valence electrons. The zero-order valence-electron chi connectivity index (χ0n) is 16.2. The molecule has 0 bridgehead atoms. The van der Waals surface area contributed by atoms with Crippen LogP contribution in [-0.4, -0.2) is 16.9 Å². The first-order chi connectivity index (χ1) is 14.6. The van der Waals surface area contributed by atoms with Gasteiger partial charge in [0.25, 0.3) is 11.8 Å². The summed E-state index contributed by atoms with van der Waals surface area (Å²) in [5.74, 6) is 0.0591. The van der Waals surface area contributed by atoms with Gasteiger partial charge in [0.1, 0.15) is 17.1 Å². The molecule has 1 saturated heterocycles. The number of carbonyl (C=O) groups excluding carboxylic acids is 2. The lowest BCUT2D eigenvalue weighted by Crippen LogP contribution is -2.56. The number of hydrogen-bond donors (Lipinski definition) is 0. The van der Waals surface area contributed by atoms with Crippen molar-refractivity contribution in [2.75, 3.05) is 9.80 Å². The van der Waals surface area contributed by atoms with Gasteiger partial charge in [-0.05, 0) is 67.7 Å². The molecule has 1 aliphatic heterocycles. The predicted octanol–water partition coefficient (Wildman–Crippen LogP) is 5.06. The first-order valence-corrected chi connectivity index (χ1v) is 9.78. The van der Waals surface area contributed by atoms with E-state index in [1.165, 1.54) is 15.9 Å². The zero-order chi connectivity index (χ0) is 21.1. The lowest BCUT2D eigenvalue weighted by atomic mass is 10.1. The number of amides is 2. The number of allylic oxidation sites excluding steroid dienone is 1. The maximum Gasteiger partial charge on any atom is 0.270 e. The molecule has 5 nitrogen and oxygen atoms in total. The molecule has 2 amide bonds. The third-order valence-electron chi connectivity index (χ3n) is 4.54. The van der Waals surface area contributed by atoms with Crippen molar-refractivity contribution >= 4 is 52.7 Å². The normalized spacial score (nSPS) is 14.7. The van der Waals surface area contributed by atoms with Crippen LogP contribution in [0.3, 0.4) is 0 Å². The minimum atomic E-state index is -0.493. The molecule has 1 aromatic heterocycles. The number of hydrogen-bond acceptors (Lipinski definition) is 4. The van der Waals surface area contributed by atoms with Crippen molar-refractivity contribution in [3.05, 3.63) is 96.0 Å². The number of para-hydroxylation sites is 2. The first-order valence-electron chi connectivity index (χ1n) is 9.37. The van der Waals surface area contributed by atoms with E-state index in [1.807, 2.05) is 49.4 Å². The molecule has 0 aliphatic carbocycles. The summed E-state index contributed by atoms with van der Waals surface area (Å²) < 4.78 is 5.69. The van der Waals surface area contributed by atoms with E-state index in [-0.39, 0.29) is 10.7 Å². The molecule has 0 saturated carbocycles. The molecular formula is C24H18N2O3S. The number of furan rings is 1. The first kappa shape index (κ1) is 19.5. The van der Waals surface area contributed by atoms with Crippen molar-refractivity contribution in [3.63, 3.8) is 0 Å². The van der Waals surface area contributed by atoms with E-state index in [0.29, 0.717) is 22.9 Å². The lowest BCUT2D eigenvalue weighted by molar-refractivity contribution is -0.120. The number of nitrogens with zero attached hydrogens (tertiary/aromatic N) is 2. The molecule has 2 heterocycles. The van der Waals surface area contributed by atoms with Crippen LogP contribution in [0.1, 0.15) is 18.4 Å². The molecule has 1 fully saturated rings. The van der Waals surface area contributed by atoms with Crippen molar-refractivity contribution in [3.8, 4) is 0 Å². The summed E-state index contributed by atoms with van der Waals surface area (Å²) in [5.41, 5.74) is 1.14. The summed E-state index contributed by atoms with van der Waals surface area (Å²) in [6, 6.07) is 21.6. The minimum absolute atomic E-state index is 0.0299. The van der Waals surface area contributed by atoms with Gasteiger partial charge in [0.05, 0.1) is 11.4 Å². The van der Waals surface area contributed by atoms with E-state index in [9.17, 15) is 9.59 Å².